The molecule has 1 saturated heterocycles. The smallest absolute Gasteiger partial charge is 0.225 e. The molecule has 1 heterocycles. The monoisotopic (exact) mass is 360 g/mol. The van der Waals surface area contributed by atoms with Gasteiger partial charge in [0.1, 0.15) is 0 Å². The fourth-order valence-electron chi connectivity index (χ4n) is 3.60. The molecule has 142 valence electrons. The van der Waals surface area contributed by atoms with E-state index in [0.717, 1.165) is 31.2 Å². The zero-order valence-corrected chi connectivity index (χ0v) is 15.6. The van der Waals surface area contributed by atoms with Crippen molar-refractivity contribution in [1.29, 1.82) is 0 Å². The fraction of sp³-hybridized carbons (Fsp3) is 0.600. The van der Waals surface area contributed by atoms with Crippen molar-refractivity contribution < 1.29 is 19.1 Å². The molecule has 0 aromatic heterocycles. The number of rotatable bonds is 6. The molecule has 0 atom stereocenters. The fourth-order valence-corrected chi connectivity index (χ4v) is 3.60. The SMILES string of the molecule is COc1ccc(CNC(=O)C2CCN(C(=O)C3CCC3)CC2)cc1OC. The summed E-state index contributed by atoms with van der Waals surface area (Å²) in [5.74, 6) is 1.91. The van der Waals surface area contributed by atoms with Gasteiger partial charge < -0.3 is 19.7 Å². The minimum absolute atomic E-state index is 0.0133. The lowest BCUT2D eigenvalue weighted by Gasteiger charge is -2.36. The second kappa shape index (κ2) is 8.43. The highest BCUT2D eigenvalue weighted by molar-refractivity contribution is 5.81. The third-order valence-electron chi connectivity index (χ3n) is 5.55. The highest BCUT2D eigenvalue weighted by Crippen LogP contribution is 2.30. The second-order valence-electron chi connectivity index (χ2n) is 7.13. The first-order chi connectivity index (χ1) is 12.6. The molecule has 1 aromatic carbocycles. The number of likely N-dealkylation sites (tertiary alicyclic amines) is 1. The second-order valence-corrected chi connectivity index (χ2v) is 7.13. The summed E-state index contributed by atoms with van der Waals surface area (Å²) in [6, 6.07) is 5.63. The van der Waals surface area contributed by atoms with Crippen LogP contribution in [0.1, 0.15) is 37.7 Å². The molecular weight excluding hydrogens is 332 g/mol. The molecule has 1 aromatic rings. The molecule has 6 nitrogen and oxygen atoms in total. The van der Waals surface area contributed by atoms with Crippen molar-refractivity contribution >= 4 is 11.8 Å². The van der Waals surface area contributed by atoms with Gasteiger partial charge in [-0.15, -0.1) is 0 Å². The van der Waals surface area contributed by atoms with Crippen LogP contribution in [0.4, 0.5) is 0 Å². The molecule has 0 unspecified atom stereocenters. The Morgan fingerprint density at radius 3 is 2.31 bits per heavy atom. The average molecular weight is 360 g/mol. The summed E-state index contributed by atoms with van der Waals surface area (Å²) in [7, 11) is 3.19. The lowest BCUT2D eigenvalue weighted by molar-refractivity contribution is -0.141. The predicted octanol–water partition coefficient (Wildman–Crippen LogP) is 2.36. The van der Waals surface area contributed by atoms with E-state index in [4.69, 9.17) is 9.47 Å². The van der Waals surface area contributed by atoms with Gasteiger partial charge in [0.05, 0.1) is 14.2 Å². The third kappa shape index (κ3) is 4.11. The molecule has 1 aliphatic heterocycles. The van der Waals surface area contributed by atoms with Crippen molar-refractivity contribution in [3.8, 4) is 11.5 Å². The number of piperidine rings is 1. The Kier molecular flexibility index (Phi) is 6.01. The molecule has 6 heteroatoms. The lowest BCUT2D eigenvalue weighted by atomic mass is 9.83. The molecule has 1 aliphatic carbocycles. The summed E-state index contributed by atoms with van der Waals surface area (Å²) in [6.45, 7) is 1.86. The Morgan fingerprint density at radius 2 is 1.73 bits per heavy atom. The first-order valence-electron chi connectivity index (χ1n) is 9.39. The third-order valence-corrected chi connectivity index (χ3v) is 5.55. The summed E-state index contributed by atoms with van der Waals surface area (Å²) in [5.41, 5.74) is 0.966. The van der Waals surface area contributed by atoms with E-state index >= 15 is 0 Å². The van der Waals surface area contributed by atoms with E-state index in [1.165, 1.54) is 6.42 Å². The van der Waals surface area contributed by atoms with Crippen LogP contribution in [0.2, 0.25) is 0 Å². The quantitative estimate of drug-likeness (QED) is 0.846. The Hall–Kier alpha value is -2.24. The average Bonchev–Trinajstić information content (AvgIpc) is 2.64. The molecule has 0 radical (unpaired) electrons. The van der Waals surface area contributed by atoms with E-state index < -0.39 is 0 Å². The van der Waals surface area contributed by atoms with Gasteiger partial charge in [0.25, 0.3) is 0 Å². The lowest BCUT2D eigenvalue weighted by Crippen LogP contribution is -2.46. The van der Waals surface area contributed by atoms with Crippen LogP contribution >= 0.6 is 0 Å². The summed E-state index contributed by atoms with van der Waals surface area (Å²) in [6.07, 6.45) is 4.73. The standard InChI is InChI=1S/C20H28N2O4/c1-25-17-7-6-14(12-18(17)26-2)13-21-19(23)15-8-10-22(11-9-15)20(24)16-4-3-5-16/h6-7,12,15-16H,3-5,8-11,13H2,1-2H3,(H,21,23). The van der Waals surface area contributed by atoms with Crippen LogP contribution in [0.15, 0.2) is 18.2 Å². The van der Waals surface area contributed by atoms with Crippen LogP contribution in [0.25, 0.3) is 0 Å². The van der Waals surface area contributed by atoms with Crippen LogP contribution in [0, 0.1) is 11.8 Å². The number of methoxy groups -OCH3 is 2. The number of carbonyl (C=O) groups is 2. The van der Waals surface area contributed by atoms with Gasteiger partial charge in [-0.3, -0.25) is 9.59 Å². The van der Waals surface area contributed by atoms with Crippen molar-refractivity contribution in [1.82, 2.24) is 10.2 Å². The normalized spacial score (nSPS) is 18.2. The summed E-state index contributed by atoms with van der Waals surface area (Å²) >= 11 is 0. The minimum atomic E-state index is -0.0133. The molecule has 2 aliphatic rings. The number of hydrogen-bond acceptors (Lipinski definition) is 4. The van der Waals surface area contributed by atoms with E-state index in [0.29, 0.717) is 37.0 Å². The van der Waals surface area contributed by atoms with Crippen molar-refractivity contribution in [2.45, 2.75) is 38.6 Å². The van der Waals surface area contributed by atoms with E-state index in [-0.39, 0.29) is 17.7 Å². The molecule has 1 saturated carbocycles. The molecule has 2 fully saturated rings. The largest absolute Gasteiger partial charge is 0.493 e. The topological polar surface area (TPSA) is 67.9 Å². The van der Waals surface area contributed by atoms with Gasteiger partial charge in [-0.05, 0) is 43.4 Å². The highest BCUT2D eigenvalue weighted by Gasteiger charge is 2.33. The van der Waals surface area contributed by atoms with E-state index in [9.17, 15) is 9.59 Å². The number of nitrogens with one attached hydrogen (secondary N) is 1. The number of ether oxygens (including phenoxy) is 2. The first kappa shape index (κ1) is 18.5. The van der Waals surface area contributed by atoms with Crippen LogP contribution in [-0.4, -0.2) is 44.0 Å². The Balaban J connectivity index is 1.46. The Bertz CT molecular complexity index is 649. The van der Waals surface area contributed by atoms with Gasteiger partial charge in [0.15, 0.2) is 11.5 Å². The maximum Gasteiger partial charge on any atom is 0.225 e. The molecule has 1 N–H and O–H groups in total. The van der Waals surface area contributed by atoms with Crippen molar-refractivity contribution in [3.63, 3.8) is 0 Å². The van der Waals surface area contributed by atoms with Gasteiger partial charge in [-0.25, -0.2) is 0 Å². The van der Waals surface area contributed by atoms with E-state index in [2.05, 4.69) is 5.32 Å². The van der Waals surface area contributed by atoms with Gasteiger partial charge in [0.2, 0.25) is 11.8 Å². The summed E-state index contributed by atoms with van der Waals surface area (Å²) < 4.78 is 10.5. The predicted molar refractivity (Wildman–Crippen MR) is 98.0 cm³/mol. The Morgan fingerprint density at radius 1 is 1.04 bits per heavy atom. The maximum absolute atomic E-state index is 12.5. The van der Waals surface area contributed by atoms with Gasteiger partial charge in [-0.1, -0.05) is 12.5 Å². The van der Waals surface area contributed by atoms with Gasteiger partial charge >= 0.3 is 0 Å². The first-order valence-corrected chi connectivity index (χ1v) is 9.39. The number of benzene rings is 1. The maximum atomic E-state index is 12.5. The van der Waals surface area contributed by atoms with Crippen LogP contribution in [0.5, 0.6) is 11.5 Å². The number of hydrogen-bond donors (Lipinski definition) is 1. The van der Waals surface area contributed by atoms with Crippen LogP contribution < -0.4 is 14.8 Å². The van der Waals surface area contributed by atoms with Crippen LogP contribution in [-0.2, 0) is 16.1 Å². The zero-order chi connectivity index (χ0) is 18.5. The molecule has 0 bridgehead atoms. The number of amides is 2. The summed E-state index contributed by atoms with van der Waals surface area (Å²) in [5, 5.41) is 3.01. The van der Waals surface area contributed by atoms with Crippen molar-refractivity contribution in [2.24, 2.45) is 11.8 Å². The van der Waals surface area contributed by atoms with E-state index in [1.54, 1.807) is 14.2 Å². The highest BCUT2D eigenvalue weighted by atomic mass is 16.5. The van der Waals surface area contributed by atoms with Crippen molar-refractivity contribution in [3.05, 3.63) is 23.8 Å². The zero-order valence-electron chi connectivity index (χ0n) is 15.6. The Labute approximate surface area is 154 Å². The molecule has 26 heavy (non-hydrogen) atoms. The van der Waals surface area contributed by atoms with E-state index in [1.807, 2.05) is 23.1 Å². The summed E-state index contributed by atoms with van der Waals surface area (Å²) in [4.78, 5) is 26.7. The minimum Gasteiger partial charge on any atom is -0.493 e. The molecular formula is C20H28N2O4. The van der Waals surface area contributed by atoms with Gasteiger partial charge in [-0.2, -0.15) is 0 Å². The number of nitrogens with zero attached hydrogens (tertiary/aromatic N) is 1. The molecule has 0 spiro atoms. The van der Waals surface area contributed by atoms with Gasteiger partial charge in [0, 0.05) is 31.5 Å². The van der Waals surface area contributed by atoms with Crippen LogP contribution in [0.3, 0.4) is 0 Å². The molecule has 2 amide bonds. The van der Waals surface area contributed by atoms with Crippen molar-refractivity contribution in [2.75, 3.05) is 27.3 Å². The molecule has 3 rings (SSSR count). The number of carbonyl (C=O) groups excluding carboxylic acids is 2.